The Labute approximate surface area is 156 Å². The molecule has 0 amide bonds. The fraction of sp³-hybridized carbons (Fsp3) is 0.625. The molecule has 0 saturated carbocycles. The molecule has 0 spiro atoms. The highest BCUT2D eigenvalue weighted by Crippen LogP contribution is 2.20. The zero-order valence-corrected chi connectivity index (χ0v) is 17.1. The monoisotopic (exact) mass is 405 g/mol. The lowest BCUT2D eigenvalue weighted by Gasteiger charge is -2.34. The number of benzene rings is 1. The zero-order chi connectivity index (χ0) is 19.4. The summed E-state index contributed by atoms with van der Waals surface area (Å²) in [5.74, 6) is 0.714. The summed E-state index contributed by atoms with van der Waals surface area (Å²) in [5, 5.41) is 0. The molecule has 0 radical (unpaired) electrons. The summed E-state index contributed by atoms with van der Waals surface area (Å²) in [5.41, 5.74) is 0. The standard InChI is InChI=1S/C16H27N3O5S2/c1-17(2)25(20,21)14-4-9-18-10-12-19(13-11-18)26(22,23)16-7-5-15(24-3)6-8-16/h5-8H,4,9-14H2,1-3H3. The first-order valence-electron chi connectivity index (χ1n) is 8.43. The summed E-state index contributed by atoms with van der Waals surface area (Å²) < 4.78 is 56.7. The highest BCUT2D eigenvalue weighted by Gasteiger charge is 2.28. The van der Waals surface area contributed by atoms with Crippen molar-refractivity contribution in [2.24, 2.45) is 0 Å². The third-order valence-electron chi connectivity index (χ3n) is 4.46. The van der Waals surface area contributed by atoms with E-state index in [2.05, 4.69) is 4.90 Å². The molecule has 1 aliphatic heterocycles. The van der Waals surface area contributed by atoms with Crippen LogP contribution in [0.5, 0.6) is 5.75 Å². The van der Waals surface area contributed by atoms with Crippen molar-refractivity contribution in [2.75, 3.05) is 59.7 Å². The van der Waals surface area contributed by atoms with Gasteiger partial charge in [-0.05, 0) is 37.2 Å². The molecule has 26 heavy (non-hydrogen) atoms. The SMILES string of the molecule is COc1ccc(S(=O)(=O)N2CCN(CCCS(=O)(=O)N(C)C)CC2)cc1. The molecule has 8 nitrogen and oxygen atoms in total. The van der Waals surface area contributed by atoms with E-state index in [1.165, 1.54) is 29.8 Å². The van der Waals surface area contributed by atoms with Crippen molar-refractivity contribution >= 4 is 20.0 Å². The maximum absolute atomic E-state index is 12.7. The number of piperazine rings is 1. The Morgan fingerprint density at radius 2 is 1.58 bits per heavy atom. The Balaban J connectivity index is 1.87. The lowest BCUT2D eigenvalue weighted by atomic mass is 10.3. The molecule has 148 valence electrons. The molecule has 10 heteroatoms. The van der Waals surface area contributed by atoms with Gasteiger partial charge in [0.2, 0.25) is 20.0 Å². The summed E-state index contributed by atoms with van der Waals surface area (Å²) in [6, 6.07) is 6.36. The minimum absolute atomic E-state index is 0.102. The molecule has 1 fully saturated rings. The Morgan fingerprint density at radius 3 is 2.08 bits per heavy atom. The van der Waals surface area contributed by atoms with Crippen LogP contribution < -0.4 is 4.74 Å². The van der Waals surface area contributed by atoms with Crippen molar-refractivity contribution in [2.45, 2.75) is 11.3 Å². The van der Waals surface area contributed by atoms with Gasteiger partial charge in [-0.15, -0.1) is 0 Å². The largest absolute Gasteiger partial charge is 0.497 e. The van der Waals surface area contributed by atoms with Crippen LogP contribution in [-0.2, 0) is 20.0 Å². The Hall–Kier alpha value is -1.20. The second-order valence-electron chi connectivity index (χ2n) is 6.37. The van der Waals surface area contributed by atoms with Gasteiger partial charge >= 0.3 is 0 Å². The molecule has 0 aromatic heterocycles. The van der Waals surface area contributed by atoms with E-state index in [1.807, 2.05) is 0 Å². The average Bonchev–Trinajstić information content (AvgIpc) is 2.62. The molecule has 0 bridgehead atoms. The van der Waals surface area contributed by atoms with Gasteiger partial charge in [0.15, 0.2) is 0 Å². The number of sulfonamides is 2. The van der Waals surface area contributed by atoms with Gasteiger partial charge in [0, 0.05) is 40.3 Å². The quantitative estimate of drug-likeness (QED) is 0.618. The van der Waals surface area contributed by atoms with E-state index in [0.717, 1.165) is 0 Å². The highest BCUT2D eigenvalue weighted by atomic mass is 32.2. The maximum atomic E-state index is 12.7. The number of ether oxygens (including phenoxy) is 1. The van der Waals surface area contributed by atoms with E-state index in [9.17, 15) is 16.8 Å². The number of hydrogen-bond donors (Lipinski definition) is 0. The molecule has 1 aromatic carbocycles. The van der Waals surface area contributed by atoms with Gasteiger partial charge in [-0.3, -0.25) is 0 Å². The van der Waals surface area contributed by atoms with E-state index in [1.54, 1.807) is 24.3 Å². The molecule has 2 rings (SSSR count). The van der Waals surface area contributed by atoms with Crippen molar-refractivity contribution in [3.8, 4) is 5.75 Å². The lowest BCUT2D eigenvalue weighted by molar-refractivity contribution is 0.189. The van der Waals surface area contributed by atoms with Crippen LogP contribution >= 0.6 is 0 Å². The van der Waals surface area contributed by atoms with E-state index >= 15 is 0 Å². The van der Waals surface area contributed by atoms with Crippen LogP contribution in [0.2, 0.25) is 0 Å². The van der Waals surface area contributed by atoms with Crippen molar-refractivity contribution in [3.63, 3.8) is 0 Å². The summed E-state index contributed by atoms with van der Waals surface area (Å²) in [4.78, 5) is 2.36. The van der Waals surface area contributed by atoms with Gasteiger partial charge in [0.1, 0.15) is 5.75 Å². The molecule has 1 aliphatic rings. The van der Waals surface area contributed by atoms with E-state index in [0.29, 0.717) is 44.9 Å². The van der Waals surface area contributed by atoms with Crippen molar-refractivity contribution in [3.05, 3.63) is 24.3 Å². The third-order valence-corrected chi connectivity index (χ3v) is 8.29. The van der Waals surface area contributed by atoms with Gasteiger partial charge in [0.25, 0.3) is 0 Å². The van der Waals surface area contributed by atoms with Crippen molar-refractivity contribution in [1.29, 1.82) is 0 Å². The topological polar surface area (TPSA) is 87.2 Å². The molecule has 1 aromatic rings. The second-order valence-corrected chi connectivity index (χ2v) is 10.6. The molecule has 0 N–H and O–H groups in total. The first kappa shape index (κ1) is 21.1. The first-order valence-corrected chi connectivity index (χ1v) is 11.5. The van der Waals surface area contributed by atoms with Crippen molar-refractivity contribution in [1.82, 2.24) is 13.5 Å². The highest BCUT2D eigenvalue weighted by molar-refractivity contribution is 7.89. The molecule has 0 aliphatic carbocycles. The van der Waals surface area contributed by atoms with E-state index in [-0.39, 0.29) is 10.6 Å². The lowest BCUT2D eigenvalue weighted by Crippen LogP contribution is -2.48. The predicted octanol–water partition coefficient (Wildman–Crippen LogP) is 0.283. The number of nitrogens with zero attached hydrogens (tertiary/aromatic N) is 3. The van der Waals surface area contributed by atoms with E-state index in [4.69, 9.17) is 4.74 Å². The number of hydrogen-bond acceptors (Lipinski definition) is 6. The van der Waals surface area contributed by atoms with Crippen LogP contribution in [0.1, 0.15) is 6.42 Å². The number of methoxy groups -OCH3 is 1. The predicted molar refractivity (Wildman–Crippen MR) is 100 cm³/mol. The minimum atomic E-state index is -3.52. The summed E-state index contributed by atoms with van der Waals surface area (Å²) in [7, 11) is -2.12. The van der Waals surface area contributed by atoms with Crippen LogP contribution in [0.25, 0.3) is 0 Å². The number of rotatable bonds is 8. The van der Waals surface area contributed by atoms with Crippen LogP contribution in [0.3, 0.4) is 0 Å². The average molecular weight is 406 g/mol. The van der Waals surface area contributed by atoms with Crippen LogP contribution in [0.15, 0.2) is 29.2 Å². The fourth-order valence-corrected chi connectivity index (χ4v) is 5.02. The molecule has 0 unspecified atom stereocenters. The third kappa shape index (κ3) is 5.17. The smallest absolute Gasteiger partial charge is 0.243 e. The Morgan fingerprint density at radius 1 is 1.00 bits per heavy atom. The zero-order valence-electron chi connectivity index (χ0n) is 15.5. The fourth-order valence-electron chi connectivity index (χ4n) is 2.74. The summed E-state index contributed by atoms with van der Waals surface area (Å²) in [6.07, 6.45) is 0.533. The minimum Gasteiger partial charge on any atom is -0.497 e. The van der Waals surface area contributed by atoms with Crippen LogP contribution in [-0.4, -0.2) is 90.0 Å². The maximum Gasteiger partial charge on any atom is 0.243 e. The molecular weight excluding hydrogens is 378 g/mol. The van der Waals surface area contributed by atoms with E-state index < -0.39 is 20.0 Å². The molecule has 0 atom stereocenters. The molecular formula is C16H27N3O5S2. The molecule has 1 saturated heterocycles. The normalized spacial score (nSPS) is 17.5. The Bertz CT molecular complexity index is 784. The van der Waals surface area contributed by atoms with Crippen LogP contribution in [0.4, 0.5) is 0 Å². The van der Waals surface area contributed by atoms with Gasteiger partial charge in [-0.2, -0.15) is 4.31 Å². The summed E-state index contributed by atoms with van der Waals surface area (Å²) >= 11 is 0. The molecule has 1 heterocycles. The van der Waals surface area contributed by atoms with Crippen molar-refractivity contribution < 1.29 is 21.6 Å². The van der Waals surface area contributed by atoms with Gasteiger partial charge in [-0.1, -0.05) is 0 Å². The Kier molecular flexibility index (Phi) is 7.03. The first-order chi connectivity index (χ1) is 12.2. The van der Waals surface area contributed by atoms with Gasteiger partial charge in [0.05, 0.1) is 17.8 Å². The summed E-state index contributed by atoms with van der Waals surface area (Å²) in [6.45, 7) is 2.63. The van der Waals surface area contributed by atoms with Gasteiger partial charge in [-0.25, -0.2) is 21.1 Å². The second kappa shape index (κ2) is 8.66. The van der Waals surface area contributed by atoms with Crippen LogP contribution in [0, 0.1) is 0 Å². The van der Waals surface area contributed by atoms with Gasteiger partial charge < -0.3 is 9.64 Å².